The second-order valence-corrected chi connectivity index (χ2v) is 4.41. The molecule has 66 valence electrons. The van der Waals surface area contributed by atoms with E-state index in [0.717, 1.165) is 5.92 Å². The van der Waals surface area contributed by atoms with Crippen molar-refractivity contribution in [2.45, 2.75) is 39.2 Å². The van der Waals surface area contributed by atoms with Crippen LogP contribution in [0.1, 0.15) is 33.1 Å². The van der Waals surface area contributed by atoms with Crippen molar-refractivity contribution < 1.29 is 0 Å². The third-order valence-corrected chi connectivity index (χ3v) is 3.09. The number of hydrogen-bond acceptors (Lipinski definition) is 2. The maximum atomic E-state index is 6.09. The van der Waals surface area contributed by atoms with Crippen LogP contribution in [0.15, 0.2) is 0 Å². The highest BCUT2D eigenvalue weighted by molar-refractivity contribution is 4.90. The Bertz CT molecular complexity index is 128. The second kappa shape index (κ2) is 3.11. The van der Waals surface area contributed by atoms with Crippen LogP contribution in [0.5, 0.6) is 0 Å². The lowest BCUT2D eigenvalue weighted by atomic mass is 9.69. The molecule has 0 saturated heterocycles. The average Bonchev–Trinajstić information content (AvgIpc) is 1.84. The fraction of sp³-hybridized carbons (Fsp3) is 1.00. The number of nitrogens with two attached hydrogens (primary N) is 2. The van der Waals surface area contributed by atoms with Crippen molar-refractivity contribution in [1.82, 2.24) is 0 Å². The summed E-state index contributed by atoms with van der Waals surface area (Å²) in [7, 11) is 0. The van der Waals surface area contributed by atoms with Crippen LogP contribution in [0.4, 0.5) is 0 Å². The summed E-state index contributed by atoms with van der Waals surface area (Å²) < 4.78 is 0. The first-order valence-electron chi connectivity index (χ1n) is 4.53. The molecule has 1 aliphatic rings. The largest absolute Gasteiger partial charge is 0.330 e. The smallest absolute Gasteiger partial charge is 0.0131 e. The van der Waals surface area contributed by atoms with Crippen LogP contribution in [0.3, 0.4) is 0 Å². The normalized spacial score (nSPS) is 22.9. The molecule has 1 saturated carbocycles. The van der Waals surface area contributed by atoms with Gasteiger partial charge >= 0.3 is 0 Å². The van der Waals surface area contributed by atoms with Gasteiger partial charge in [0.1, 0.15) is 0 Å². The Labute approximate surface area is 69.3 Å². The molecule has 2 heteroatoms. The van der Waals surface area contributed by atoms with E-state index in [1.165, 1.54) is 19.3 Å². The first kappa shape index (κ1) is 9.01. The standard InChI is InChI=1S/C9H20N2/c1-9(2,6-10)8(11)7-4-3-5-7/h7-8H,3-6,10-11H2,1-2H3. The van der Waals surface area contributed by atoms with Crippen molar-refractivity contribution in [2.24, 2.45) is 22.8 Å². The summed E-state index contributed by atoms with van der Waals surface area (Å²) in [6.07, 6.45) is 3.98. The molecule has 0 aliphatic heterocycles. The molecule has 0 aromatic carbocycles. The van der Waals surface area contributed by atoms with Gasteiger partial charge in [0.25, 0.3) is 0 Å². The summed E-state index contributed by atoms with van der Waals surface area (Å²) in [6.45, 7) is 5.02. The zero-order valence-corrected chi connectivity index (χ0v) is 7.64. The van der Waals surface area contributed by atoms with E-state index in [2.05, 4.69) is 13.8 Å². The molecule has 0 radical (unpaired) electrons. The van der Waals surface area contributed by atoms with Crippen molar-refractivity contribution in [3.05, 3.63) is 0 Å². The minimum Gasteiger partial charge on any atom is -0.330 e. The Morgan fingerprint density at radius 1 is 1.45 bits per heavy atom. The van der Waals surface area contributed by atoms with E-state index in [-0.39, 0.29) is 5.41 Å². The van der Waals surface area contributed by atoms with E-state index < -0.39 is 0 Å². The first-order chi connectivity index (χ1) is 5.08. The molecule has 2 nitrogen and oxygen atoms in total. The van der Waals surface area contributed by atoms with Crippen LogP contribution in [0.25, 0.3) is 0 Å². The monoisotopic (exact) mass is 156 g/mol. The molecule has 1 atom stereocenters. The SMILES string of the molecule is CC(C)(CN)C(N)C1CCC1. The third-order valence-electron chi connectivity index (χ3n) is 3.09. The number of hydrogen-bond donors (Lipinski definition) is 2. The Hall–Kier alpha value is -0.0800. The van der Waals surface area contributed by atoms with Gasteiger partial charge in [-0.25, -0.2) is 0 Å². The zero-order valence-electron chi connectivity index (χ0n) is 7.64. The lowest BCUT2D eigenvalue weighted by molar-refractivity contribution is 0.155. The minimum atomic E-state index is 0.130. The molecule has 0 spiro atoms. The van der Waals surface area contributed by atoms with Crippen molar-refractivity contribution >= 4 is 0 Å². The van der Waals surface area contributed by atoms with Gasteiger partial charge in [-0.15, -0.1) is 0 Å². The predicted octanol–water partition coefficient (Wildman–Crippen LogP) is 1.10. The first-order valence-corrected chi connectivity index (χ1v) is 4.53. The molecule has 4 N–H and O–H groups in total. The Balaban J connectivity index is 2.44. The maximum absolute atomic E-state index is 6.09. The van der Waals surface area contributed by atoms with Gasteiger partial charge in [0.2, 0.25) is 0 Å². The topological polar surface area (TPSA) is 52.0 Å². The van der Waals surface area contributed by atoms with E-state index in [4.69, 9.17) is 11.5 Å². The van der Waals surface area contributed by atoms with Gasteiger partial charge in [0.05, 0.1) is 0 Å². The molecule has 0 amide bonds. The van der Waals surface area contributed by atoms with Crippen molar-refractivity contribution in [3.63, 3.8) is 0 Å². The fourth-order valence-electron chi connectivity index (χ4n) is 1.57. The molecule has 0 heterocycles. The molecule has 11 heavy (non-hydrogen) atoms. The summed E-state index contributed by atoms with van der Waals surface area (Å²) in [4.78, 5) is 0. The second-order valence-electron chi connectivity index (χ2n) is 4.41. The zero-order chi connectivity index (χ0) is 8.48. The van der Waals surface area contributed by atoms with Crippen LogP contribution in [-0.2, 0) is 0 Å². The molecule has 0 aromatic rings. The molecular formula is C9H20N2. The number of rotatable bonds is 3. The van der Waals surface area contributed by atoms with Gasteiger partial charge in [0, 0.05) is 6.04 Å². The van der Waals surface area contributed by atoms with Crippen LogP contribution < -0.4 is 11.5 Å². The quantitative estimate of drug-likeness (QED) is 0.643. The van der Waals surface area contributed by atoms with Crippen LogP contribution >= 0.6 is 0 Å². The van der Waals surface area contributed by atoms with Gasteiger partial charge in [-0.05, 0) is 30.7 Å². The summed E-state index contributed by atoms with van der Waals surface area (Å²) in [5.74, 6) is 0.744. The summed E-state index contributed by atoms with van der Waals surface area (Å²) >= 11 is 0. The summed E-state index contributed by atoms with van der Waals surface area (Å²) in [6, 6.07) is 0.307. The summed E-state index contributed by atoms with van der Waals surface area (Å²) in [5.41, 5.74) is 11.9. The van der Waals surface area contributed by atoms with Gasteiger partial charge in [-0.3, -0.25) is 0 Å². The minimum absolute atomic E-state index is 0.130. The highest BCUT2D eigenvalue weighted by atomic mass is 14.7. The van der Waals surface area contributed by atoms with Crippen LogP contribution in [0, 0.1) is 11.3 Å². The lowest BCUT2D eigenvalue weighted by Gasteiger charge is -2.40. The van der Waals surface area contributed by atoms with Crippen molar-refractivity contribution in [3.8, 4) is 0 Å². The molecule has 0 aromatic heterocycles. The van der Waals surface area contributed by atoms with E-state index in [9.17, 15) is 0 Å². The fourth-order valence-corrected chi connectivity index (χ4v) is 1.57. The van der Waals surface area contributed by atoms with E-state index in [0.29, 0.717) is 12.6 Å². The highest BCUT2D eigenvalue weighted by Gasteiger charge is 2.34. The van der Waals surface area contributed by atoms with Gasteiger partial charge in [-0.1, -0.05) is 20.3 Å². The molecule has 1 rings (SSSR count). The predicted molar refractivity (Wildman–Crippen MR) is 48.2 cm³/mol. The van der Waals surface area contributed by atoms with Gasteiger partial charge in [0.15, 0.2) is 0 Å². The Morgan fingerprint density at radius 3 is 2.27 bits per heavy atom. The lowest BCUT2D eigenvalue weighted by Crippen LogP contribution is -2.49. The highest BCUT2D eigenvalue weighted by Crippen LogP contribution is 2.35. The van der Waals surface area contributed by atoms with Gasteiger partial charge < -0.3 is 11.5 Å². The van der Waals surface area contributed by atoms with E-state index >= 15 is 0 Å². The molecule has 0 bridgehead atoms. The Morgan fingerprint density at radius 2 is 2.00 bits per heavy atom. The maximum Gasteiger partial charge on any atom is 0.0131 e. The third kappa shape index (κ3) is 1.74. The average molecular weight is 156 g/mol. The van der Waals surface area contributed by atoms with Crippen LogP contribution in [0.2, 0.25) is 0 Å². The van der Waals surface area contributed by atoms with E-state index in [1.54, 1.807) is 0 Å². The van der Waals surface area contributed by atoms with Crippen molar-refractivity contribution in [2.75, 3.05) is 6.54 Å². The molecular weight excluding hydrogens is 136 g/mol. The Kier molecular flexibility index (Phi) is 2.55. The van der Waals surface area contributed by atoms with E-state index in [1.807, 2.05) is 0 Å². The van der Waals surface area contributed by atoms with Gasteiger partial charge in [-0.2, -0.15) is 0 Å². The molecule has 1 unspecified atom stereocenters. The molecule has 1 aliphatic carbocycles. The summed E-state index contributed by atoms with van der Waals surface area (Å²) in [5, 5.41) is 0. The van der Waals surface area contributed by atoms with Crippen molar-refractivity contribution in [1.29, 1.82) is 0 Å². The van der Waals surface area contributed by atoms with Crippen LogP contribution in [-0.4, -0.2) is 12.6 Å². The molecule has 1 fully saturated rings.